The molecule has 8 nitrogen and oxygen atoms in total. The van der Waals surface area contributed by atoms with E-state index in [-0.39, 0.29) is 11.1 Å². The third kappa shape index (κ3) is 4.74. The van der Waals surface area contributed by atoms with Gasteiger partial charge in [0.1, 0.15) is 0 Å². The molecule has 0 radical (unpaired) electrons. The van der Waals surface area contributed by atoms with Crippen LogP contribution < -0.4 is 0 Å². The molecule has 0 unspecified atom stereocenters. The van der Waals surface area contributed by atoms with Gasteiger partial charge in [-0.15, -0.1) is 0 Å². The summed E-state index contributed by atoms with van der Waals surface area (Å²) in [5, 5.41) is 37.4. The molecule has 0 saturated carbocycles. The van der Waals surface area contributed by atoms with Gasteiger partial charge in [0.15, 0.2) is 0 Å². The molecule has 0 saturated heterocycles. The first-order valence-corrected chi connectivity index (χ1v) is 6.85. The molecule has 0 amide bonds. The minimum Gasteiger partial charge on any atom is -0.405 e. The van der Waals surface area contributed by atoms with Crippen LogP contribution in [0.5, 0.6) is 0 Å². The highest BCUT2D eigenvalue weighted by atomic mass is 16.8. The molecular weight excluding hydrogens is 320 g/mol. The Morgan fingerprint density at radius 2 is 1.08 bits per heavy atom. The Hall–Kier alpha value is -2.52. The van der Waals surface area contributed by atoms with Crippen LogP contribution in [0.4, 0.5) is 0 Å². The van der Waals surface area contributed by atoms with E-state index in [4.69, 9.17) is 20.4 Å². The van der Waals surface area contributed by atoms with E-state index < -0.39 is 23.9 Å². The van der Waals surface area contributed by atoms with Crippen molar-refractivity contribution in [1.82, 2.24) is 0 Å². The highest BCUT2D eigenvalue weighted by Crippen LogP contribution is 2.20. The summed E-state index contributed by atoms with van der Waals surface area (Å²) < 4.78 is 8.86. The molecule has 0 aliphatic carbocycles. The third-order valence-corrected chi connectivity index (χ3v) is 2.88. The molecule has 2 aromatic rings. The number of ether oxygens (including phenoxy) is 2. The maximum absolute atomic E-state index is 11.8. The van der Waals surface area contributed by atoms with Crippen LogP contribution in [0.15, 0.2) is 36.4 Å². The molecule has 8 heteroatoms. The van der Waals surface area contributed by atoms with Gasteiger partial charge in [-0.1, -0.05) is 12.1 Å². The van der Waals surface area contributed by atoms with Gasteiger partial charge in [-0.3, -0.25) is 0 Å². The second kappa shape index (κ2) is 6.17. The summed E-state index contributed by atoms with van der Waals surface area (Å²) in [6.07, 6.45) is 0. The molecule has 24 heavy (non-hydrogen) atoms. The molecule has 0 aromatic heterocycles. The number of esters is 2. The summed E-state index contributed by atoms with van der Waals surface area (Å²) in [7, 11) is 0. The lowest BCUT2D eigenvalue weighted by Crippen LogP contribution is -2.30. The third-order valence-electron chi connectivity index (χ3n) is 2.88. The standard InChI is InChI=1S/C16H16O8/c1-15(19,20)23-13(17)11-5-3-10-8-12(6-4-9(10)7-11)14(18)24-16(2,21)22/h3-8,19-22H,1-2H3. The van der Waals surface area contributed by atoms with Gasteiger partial charge in [0.05, 0.1) is 11.1 Å². The minimum atomic E-state index is -2.58. The maximum atomic E-state index is 11.8. The van der Waals surface area contributed by atoms with Crippen molar-refractivity contribution in [2.75, 3.05) is 0 Å². The van der Waals surface area contributed by atoms with E-state index >= 15 is 0 Å². The lowest BCUT2D eigenvalue weighted by Gasteiger charge is -2.17. The van der Waals surface area contributed by atoms with Crippen molar-refractivity contribution in [1.29, 1.82) is 0 Å². The normalized spacial score (nSPS) is 12.1. The smallest absolute Gasteiger partial charge is 0.342 e. The van der Waals surface area contributed by atoms with Crippen molar-refractivity contribution in [3.63, 3.8) is 0 Å². The Morgan fingerprint density at radius 1 is 0.750 bits per heavy atom. The first-order valence-electron chi connectivity index (χ1n) is 6.85. The largest absolute Gasteiger partial charge is 0.405 e. The summed E-state index contributed by atoms with van der Waals surface area (Å²) in [4.78, 5) is 23.5. The van der Waals surface area contributed by atoms with Crippen molar-refractivity contribution in [2.24, 2.45) is 0 Å². The Balaban J connectivity index is 2.28. The molecule has 4 N–H and O–H groups in total. The second-order valence-corrected chi connectivity index (χ2v) is 5.42. The molecule has 0 heterocycles. The predicted octanol–water partition coefficient (Wildman–Crippen LogP) is 0.470. The average Bonchev–Trinajstić information content (AvgIpc) is 2.42. The number of rotatable bonds is 4. The van der Waals surface area contributed by atoms with E-state index in [2.05, 4.69) is 9.47 Å². The molecule has 128 valence electrons. The van der Waals surface area contributed by atoms with Crippen molar-refractivity contribution in [2.45, 2.75) is 25.8 Å². The molecule has 0 bridgehead atoms. The van der Waals surface area contributed by atoms with Crippen LogP contribution in [-0.4, -0.2) is 44.3 Å². The molecular formula is C16H16O8. The Labute approximate surface area is 136 Å². The minimum absolute atomic E-state index is 0.0884. The summed E-state index contributed by atoms with van der Waals surface area (Å²) in [5.41, 5.74) is 0.177. The molecule has 0 fully saturated rings. The van der Waals surface area contributed by atoms with Gasteiger partial charge in [-0.05, 0) is 35.0 Å². The Bertz CT molecular complexity index is 715. The van der Waals surface area contributed by atoms with Crippen LogP contribution >= 0.6 is 0 Å². The molecule has 2 aromatic carbocycles. The van der Waals surface area contributed by atoms with Crippen LogP contribution in [0, 0.1) is 0 Å². The number of hydrogen-bond acceptors (Lipinski definition) is 8. The van der Waals surface area contributed by atoms with Crippen molar-refractivity contribution < 1.29 is 39.5 Å². The van der Waals surface area contributed by atoms with Gasteiger partial charge >= 0.3 is 23.9 Å². The number of carbonyl (C=O) groups is 2. The lowest BCUT2D eigenvalue weighted by atomic mass is 10.0. The monoisotopic (exact) mass is 336 g/mol. The van der Waals surface area contributed by atoms with E-state index in [0.29, 0.717) is 10.8 Å². The van der Waals surface area contributed by atoms with Gasteiger partial charge in [-0.25, -0.2) is 9.59 Å². The molecule has 0 aliphatic rings. The zero-order chi connectivity index (χ0) is 18.1. The van der Waals surface area contributed by atoms with Crippen LogP contribution in [-0.2, 0) is 9.47 Å². The predicted molar refractivity (Wildman–Crippen MR) is 80.5 cm³/mol. The first-order chi connectivity index (χ1) is 10.9. The van der Waals surface area contributed by atoms with Crippen LogP contribution in [0.25, 0.3) is 10.8 Å². The number of benzene rings is 2. The summed E-state index contributed by atoms with van der Waals surface area (Å²) in [6, 6.07) is 8.70. The second-order valence-electron chi connectivity index (χ2n) is 5.42. The molecule has 0 aliphatic heterocycles. The van der Waals surface area contributed by atoms with Gasteiger partial charge < -0.3 is 29.9 Å². The number of carbonyl (C=O) groups excluding carboxylic acids is 2. The van der Waals surface area contributed by atoms with Crippen LogP contribution in [0.2, 0.25) is 0 Å². The topological polar surface area (TPSA) is 134 Å². The number of fused-ring (bicyclic) bond motifs is 1. The van der Waals surface area contributed by atoms with Crippen LogP contribution in [0.1, 0.15) is 34.6 Å². The highest BCUT2D eigenvalue weighted by molar-refractivity contribution is 5.99. The van der Waals surface area contributed by atoms with Crippen molar-refractivity contribution in [3.05, 3.63) is 47.5 Å². The summed E-state index contributed by atoms with van der Waals surface area (Å²) >= 11 is 0. The average molecular weight is 336 g/mol. The van der Waals surface area contributed by atoms with E-state index in [1.54, 1.807) is 0 Å². The summed E-state index contributed by atoms with van der Waals surface area (Å²) in [6.45, 7) is 1.81. The Kier molecular flexibility index (Phi) is 4.59. The van der Waals surface area contributed by atoms with Gasteiger partial charge in [-0.2, -0.15) is 0 Å². The number of hydrogen-bond donors (Lipinski definition) is 4. The van der Waals surface area contributed by atoms with Gasteiger partial charge in [0.2, 0.25) is 0 Å². The number of aliphatic hydroxyl groups is 4. The summed E-state index contributed by atoms with van der Waals surface area (Å²) in [5.74, 6) is -7.02. The maximum Gasteiger partial charge on any atom is 0.342 e. The fourth-order valence-electron chi connectivity index (χ4n) is 1.97. The van der Waals surface area contributed by atoms with E-state index in [1.165, 1.54) is 36.4 Å². The zero-order valence-electron chi connectivity index (χ0n) is 12.9. The Morgan fingerprint density at radius 3 is 1.38 bits per heavy atom. The molecule has 0 atom stereocenters. The SMILES string of the molecule is CC(O)(O)OC(=O)c1ccc2cc(C(=O)OC(C)(O)O)ccc2c1. The highest BCUT2D eigenvalue weighted by Gasteiger charge is 2.23. The molecule has 0 spiro atoms. The molecule has 2 rings (SSSR count). The lowest BCUT2D eigenvalue weighted by molar-refractivity contribution is -0.295. The fraction of sp³-hybridized carbons (Fsp3) is 0.250. The zero-order valence-corrected chi connectivity index (χ0v) is 12.9. The van der Waals surface area contributed by atoms with Crippen LogP contribution in [0.3, 0.4) is 0 Å². The van der Waals surface area contributed by atoms with E-state index in [0.717, 1.165) is 13.8 Å². The van der Waals surface area contributed by atoms with Gasteiger partial charge in [0.25, 0.3) is 0 Å². The van der Waals surface area contributed by atoms with Gasteiger partial charge in [0, 0.05) is 13.8 Å². The van der Waals surface area contributed by atoms with E-state index in [1.807, 2.05) is 0 Å². The van der Waals surface area contributed by atoms with Crippen molar-refractivity contribution >= 4 is 22.7 Å². The first kappa shape index (κ1) is 17.8. The van der Waals surface area contributed by atoms with E-state index in [9.17, 15) is 9.59 Å². The fourth-order valence-corrected chi connectivity index (χ4v) is 1.97. The van der Waals surface area contributed by atoms with Crippen molar-refractivity contribution in [3.8, 4) is 0 Å². The quantitative estimate of drug-likeness (QED) is 0.468.